The van der Waals surface area contributed by atoms with Gasteiger partial charge in [0.25, 0.3) is 0 Å². The fourth-order valence-electron chi connectivity index (χ4n) is 0.880. The molecule has 11 heavy (non-hydrogen) atoms. The van der Waals surface area contributed by atoms with Gasteiger partial charge in [-0.2, -0.15) is 0 Å². The van der Waals surface area contributed by atoms with E-state index in [9.17, 15) is 4.79 Å². The lowest BCUT2D eigenvalue weighted by Crippen LogP contribution is -2.23. The molecule has 1 rings (SSSR count). The summed E-state index contributed by atoms with van der Waals surface area (Å²) < 4.78 is 2.02. The van der Waals surface area contributed by atoms with Crippen LogP contribution in [-0.2, 0) is 11.3 Å². The topological polar surface area (TPSA) is 34.0 Å². The zero-order chi connectivity index (χ0) is 8.10. The Kier molecular flexibility index (Phi) is 2.72. The molecule has 0 aliphatic carbocycles. The molecule has 0 atom stereocenters. The molecule has 0 saturated carbocycles. The first-order chi connectivity index (χ1) is 5.29. The lowest BCUT2D eigenvalue weighted by molar-refractivity contribution is -0.118. The van der Waals surface area contributed by atoms with Gasteiger partial charge in [-0.3, -0.25) is 4.79 Å². The van der Waals surface area contributed by atoms with E-state index in [-0.39, 0.29) is 5.91 Å². The monoisotopic (exact) mass is 152 g/mol. The second-order valence-corrected chi connectivity index (χ2v) is 2.40. The molecular weight excluding hydrogens is 140 g/mol. The molecule has 1 aromatic heterocycles. The minimum atomic E-state index is 0.0251. The van der Waals surface area contributed by atoms with Crippen molar-refractivity contribution in [2.45, 2.75) is 13.5 Å². The number of nitrogens with zero attached hydrogens (tertiary/aromatic N) is 1. The van der Waals surface area contributed by atoms with Crippen LogP contribution in [0.3, 0.4) is 0 Å². The average Bonchev–Trinajstić information content (AvgIpc) is 2.39. The van der Waals surface area contributed by atoms with Gasteiger partial charge in [0.2, 0.25) is 5.91 Å². The van der Waals surface area contributed by atoms with Crippen LogP contribution in [0.5, 0.6) is 0 Å². The minimum absolute atomic E-state index is 0.0251. The first-order valence-corrected chi connectivity index (χ1v) is 3.64. The van der Waals surface area contributed by atoms with Crippen molar-refractivity contribution < 1.29 is 4.79 Å². The third-order valence-corrected chi connectivity index (χ3v) is 1.41. The third-order valence-electron chi connectivity index (χ3n) is 1.41. The number of rotatable bonds is 3. The van der Waals surface area contributed by atoms with Crippen LogP contribution in [0.1, 0.15) is 6.92 Å². The molecular formula is C8H12N2O. The van der Waals surface area contributed by atoms with Crippen molar-refractivity contribution in [1.29, 1.82) is 0 Å². The van der Waals surface area contributed by atoms with Crippen LogP contribution in [0, 0.1) is 0 Å². The van der Waals surface area contributed by atoms with Crippen LogP contribution >= 0.6 is 0 Å². The van der Waals surface area contributed by atoms with Crippen molar-refractivity contribution in [2.75, 3.05) is 6.54 Å². The first kappa shape index (κ1) is 7.85. The summed E-state index contributed by atoms with van der Waals surface area (Å²) in [7, 11) is 0. The number of carbonyl (C=O) groups is 1. The van der Waals surface area contributed by atoms with Gasteiger partial charge < -0.3 is 9.88 Å². The van der Waals surface area contributed by atoms with Crippen molar-refractivity contribution in [1.82, 2.24) is 9.88 Å². The third kappa shape index (κ3) is 2.89. The number of nitrogens with one attached hydrogen (secondary N) is 1. The van der Waals surface area contributed by atoms with Gasteiger partial charge in [0.15, 0.2) is 0 Å². The second kappa shape index (κ2) is 3.81. The summed E-state index contributed by atoms with van der Waals surface area (Å²) in [5.41, 5.74) is 0. The van der Waals surface area contributed by atoms with E-state index in [0.29, 0.717) is 6.54 Å². The summed E-state index contributed by atoms with van der Waals surface area (Å²) in [6.07, 6.45) is 3.95. The Bertz CT molecular complexity index is 216. The normalized spacial score (nSPS) is 9.55. The zero-order valence-electron chi connectivity index (χ0n) is 6.58. The van der Waals surface area contributed by atoms with E-state index < -0.39 is 0 Å². The summed E-state index contributed by atoms with van der Waals surface area (Å²) in [6, 6.07) is 3.93. The van der Waals surface area contributed by atoms with Gasteiger partial charge in [-0.15, -0.1) is 0 Å². The summed E-state index contributed by atoms with van der Waals surface area (Å²) in [6.45, 7) is 3.06. The fraction of sp³-hybridized carbons (Fsp3) is 0.375. The van der Waals surface area contributed by atoms with Crippen molar-refractivity contribution >= 4 is 5.91 Å². The lowest BCUT2D eigenvalue weighted by atomic mass is 10.5. The first-order valence-electron chi connectivity index (χ1n) is 3.64. The molecule has 0 aliphatic rings. The van der Waals surface area contributed by atoms with Crippen LogP contribution in [0.15, 0.2) is 24.5 Å². The molecule has 0 radical (unpaired) electrons. The molecule has 3 nitrogen and oxygen atoms in total. The Hall–Kier alpha value is -1.25. The molecule has 1 N–H and O–H groups in total. The van der Waals surface area contributed by atoms with E-state index in [4.69, 9.17) is 0 Å². The second-order valence-electron chi connectivity index (χ2n) is 2.40. The summed E-state index contributed by atoms with van der Waals surface area (Å²) >= 11 is 0. The molecule has 0 bridgehead atoms. The number of amides is 1. The predicted molar refractivity (Wildman–Crippen MR) is 43.1 cm³/mol. The number of hydrogen-bond donors (Lipinski definition) is 1. The van der Waals surface area contributed by atoms with Crippen LogP contribution in [0.25, 0.3) is 0 Å². The maximum Gasteiger partial charge on any atom is 0.216 e. The van der Waals surface area contributed by atoms with E-state index in [1.807, 2.05) is 29.1 Å². The van der Waals surface area contributed by atoms with E-state index in [1.165, 1.54) is 6.92 Å². The van der Waals surface area contributed by atoms with Crippen molar-refractivity contribution in [3.8, 4) is 0 Å². The van der Waals surface area contributed by atoms with E-state index in [2.05, 4.69) is 5.32 Å². The quantitative estimate of drug-likeness (QED) is 0.677. The Morgan fingerprint density at radius 2 is 2.09 bits per heavy atom. The molecule has 0 saturated heterocycles. The largest absolute Gasteiger partial charge is 0.355 e. The van der Waals surface area contributed by atoms with E-state index >= 15 is 0 Å². The molecule has 0 spiro atoms. The van der Waals surface area contributed by atoms with E-state index in [1.54, 1.807) is 0 Å². The predicted octanol–water partition coefficient (Wildman–Crippen LogP) is 0.624. The molecule has 60 valence electrons. The van der Waals surface area contributed by atoms with Crippen LogP contribution in [0.2, 0.25) is 0 Å². The SMILES string of the molecule is CC(=O)NCCn1cccc1. The molecule has 0 unspecified atom stereocenters. The van der Waals surface area contributed by atoms with Gasteiger partial charge in [-0.1, -0.05) is 0 Å². The van der Waals surface area contributed by atoms with Gasteiger partial charge in [0, 0.05) is 32.4 Å². The summed E-state index contributed by atoms with van der Waals surface area (Å²) in [5, 5.41) is 2.72. The molecule has 0 aromatic carbocycles. The number of aromatic nitrogens is 1. The molecule has 0 fully saturated rings. The maximum absolute atomic E-state index is 10.5. The highest BCUT2D eigenvalue weighted by Crippen LogP contribution is 1.87. The summed E-state index contributed by atoms with van der Waals surface area (Å²) in [5.74, 6) is 0.0251. The smallest absolute Gasteiger partial charge is 0.216 e. The van der Waals surface area contributed by atoms with Gasteiger partial charge in [0.05, 0.1) is 0 Å². The average molecular weight is 152 g/mol. The summed E-state index contributed by atoms with van der Waals surface area (Å²) in [4.78, 5) is 10.5. The van der Waals surface area contributed by atoms with Gasteiger partial charge >= 0.3 is 0 Å². The standard InChI is InChI=1S/C8H12N2O/c1-8(11)9-4-7-10-5-2-3-6-10/h2-3,5-6H,4,7H2,1H3,(H,9,11). The highest BCUT2D eigenvalue weighted by atomic mass is 16.1. The number of hydrogen-bond acceptors (Lipinski definition) is 1. The lowest BCUT2D eigenvalue weighted by Gasteiger charge is -2.02. The van der Waals surface area contributed by atoms with Crippen LogP contribution in [-0.4, -0.2) is 17.0 Å². The van der Waals surface area contributed by atoms with Crippen molar-refractivity contribution in [3.63, 3.8) is 0 Å². The Morgan fingerprint density at radius 3 is 2.64 bits per heavy atom. The maximum atomic E-state index is 10.5. The fourth-order valence-corrected chi connectivity index (χ4v) is 0.880. The van der Waals surface area contributed by atoms with Gasteiger partial charge in [-0.25, -0.2) is 0 Å². The molecule has 1 amide bonds. The molecule has 1 heterocycles. The zero-order valence-corrected chi connectivity index (χ0v) is 6.58. The number of carbonyl (C=O) groups excluding carboxylic acids is 1. The minimum Gasteiger partial charge on any atom is -0.355 e. The van der Waals surface area contributed by atoms with Gasteiger partial charge in [-0.05, 0) is 12.1 Å². The van der Waals surface area contributed by atoms with Gasteiger partial charge in [0.1, 0.15) is 0 Å². The van der Waals surface area contributed by atoms with Crippen LogP contribution < -0.4 is 5.32 Å². The Balaban J connectivity index is 2.19. The van der Waals surface area contributed by atoms with Crippen LogP contribution in [0.4, 0.5) is 0 Å². The van der Waals surface area contributed by atoms with Crippen molar-refractivity contribution in [2.24, 2.45) is 0 Å². The Morgan fingerprint density at radius 1 is 1.45 bits per heavy atom. The van der Waals surface area contributed by atoms with Crippen molar-refractivity contribution in [3.05, 3.63) is 24.5 Å². The molecule has 3 heteroatoms. The molecule has 1 aromatic rings. The highest BCUT2D eigenvalue weighted by Gasteiger charge is 1.90. The Labute approximate surface area is 66.0 Å². The van der Waals surface area contributed by atoms with E-state index in [0.717, 1.165) is 6.54 Å². The molecule has 0 aliphatic heterocycles. The highest BCUT2D eigenvalue weighted by molar-refractivity contribution is 5.72.